The normalized spacial score (nSPS) is 10.8. The van der Waals surface area contributed by atoms with E-state index in [9.17, 15) is 9.59 Å². The SMILES string of the molecule is CCCCCCCOc1ccc(NC(=O)CCCCCCCCC(=O)Nc2ccc(OCCCCCCC)cc2)cc1. The predicted molar refractivity (Wildman–Crippen MR) is 176 cm³/mol. The first kappa shape index (κ1) is 35.2. The van der Waals surface area contributed by atoms with Gasteiger partial charge in [0.1, 0.15) is 11.5 Å². The Hall–Kier alpha value is -3.02. The van der Waals surface area contributed by atoms with Crippen molar-refractivity contribution in [2.75, 3.05) is 23.8 Å². The van der Waals surface area contributed by atoms with Gasteiger partial charge in [-0.1, -0.05) is 90.9 Å². The van der Waals surface area contributed by atoms with Crippen molar-refractivity contribution in [3.05, 3.63) is 48.5 Å². The molecule has 0 aliphatic carbocycles. The molecule has 2 aromatic rings. The molecule has 0 spiro atoms. The maximum Gasteiger partial charge on any atom is 0.224 e. The van der Waals surface area contributed by atoms with Crippen molar-refractivity contribution in [3.8, 4) is 11.5 Å². The van der Waals surface area contributed by atoms with Crippen LogP contribution in [0.5, 0.6) is 11.5 Å². The van der Waals surface area contributed by atoms with Crippen LogP contribution in [0.3, 0.4) is 0 Å². The summed E-state index contributed by atoms with van der Waals surface area (Å²) in [7, 11) is 0. The number of carbonyl (C=O) groups is 2. The third-order valence-corrected chi connectivity index (χ3v) is 7.37. The van der Waals surface area contributed by atoms with Crippen molar-refractivity contribution in [1.29, 1.82) is 0 Å². The van der Waals surface area contributed by atoms with Gasteiger partial charge in [0, 0.05) is 24.2 Å². The Morgan fingerprint density at radius 1 is 0.476 bits per heavy atom. The second kappa shape index (κ2) is 23.5. The van der Waals surface area contributed by atoms with Crippen molar-refractivity contribution in [2.45, 2.75) is 129 Å². The van der Waals surface area contributed by atoms with Gasteiger partial charge in [0.05, 0.1) is 13.2 Å². The molecule has 2 aromatic carbocycles. The Labute approximate surface area is 255 Å². The van der Waals surface area contributed by atoms with Crippen LogP contribution in [0, 0.1) is 0 Å². The van der Waals surface area contributed by atoms with Gasteiger partial charge >= 0.3 is 0 Å². The number of ether oxygens (including phenoxy) is 2. The molecule has 2 N–H and O–H groups in total. The zero-order valence-electron chi connectivity index (χ0n) is 26.4. The Bertz CT molecular complexity index is 880. The number of nitrogens with one attached hydrogen (secondary N) is 2. The van der Waals surface area contributed by atoms with Gasteiger partial charge in [-0.2, -0.15) is 0 Å². The van der Waals surface area contributed by atoms with E-state index in [0.29, 0.717) is 12.8 Å². The number of hydrogen-bond acceptors (Lipinski definition) is 4. The highest BCUT2D eigenvalue weighted by molar-refractivity contribution is 5.91. The first-order valence-corrected chi connectivity index (χ1v) is 16.7. The molecular weight excluding hydrogens is 524 g/mol. The van der Waals surface area contributed by atoms with Crippen LogP contribution >= 0.6 is 0 Å². The molecule has 6 nitrogen and oxygen atoms in total. The van der Waals surface area contributed by atoms with E-state index in [0.717, 1.165) is 87.5 Å². The van der Waals surface area contributed by atoms with Crippen molar-refractivity contribution in [3.63, 3.8) is 0 Å². The van der Waals surface area contributed by atoms with Gasteiger partial charge in [0.25, 0.3) is 0 Å². The van der Waals surface area contributed by atoms with Crippen molar-refractivity contribution in [2.24, 2.45) is 0 Å². The Morgan fingerprint density at radius 3 is 1.19 bits per heavy atom. The van der Waals surface area contributed by atoms with Gasteiger partial charge < -0.3 is 20.1 Å². The molecule has 0 saturated carbocycles. The van der Waals surface area contributed by atoms with E-state index in [1.54, 1.807) is 0 Å². The molecule has 0 aromatic heterocycles. The second-order valence-corrected chi connectivity index (χ2v) is 11.3. The molecule has 0 saturated heterocycles. The molecule has 0 heterocycles. The molecule has 0 radical (unpaired) electrons. The van der Waals surface area contributed by atoms with Crippen LogP contribution in [-0.4, -0.2) is 25.0 Å². The fourth-order valence-corrected chi connectivity index (χ4v) is 4.79. The molecule has 0 atom stereocenters. The summed E-state index contributed by atoms with van der Waals surface area (Å²) in [5.74, 6) is 1.81. The molecule has 234 valence electrons. The highest BCUT2D eigenvalue weighted by atomic mass is 16.5. The van der Waals surface area contributed by atoms with Crippen LogP contribution in [0.4, 0.5) is 11.4 Å². The molecule has 42 heavy (non-hydrogen) atoms. The summed E-state index contributed by atoms with van der Waals surface area (Å²) >= 11 is 0. The maximum atomic E-state index is 12.3. The lowest BCUT2D eigenvalue weighted by Gasteiger charge is -2.09. The van der Waals surface area contributed by atoms with Crippen LogP contribution in [0.2, 0.25) is 0 Å². The first-order chi connectivity index (χ1) is 20.6. The quantitative estimate of drug-likeness (QED) is 0.115. The molecular formula is C36H56N2O4. The molecule has 0 aliphatic heterocycles. The number of amides is 2. The van der Waals surface area contributed by atoms with Crippen molar-refractivity contribution < 1.29 is 19.1 Å². The minimum Gasteiger partial charge on any atom is -0.494 e. The first-order valence-electron chi connectivity index (χ1n) is 16.7. The molecule has 6 heteroatoms. The van der Waals surface area contributed by atoms with Crippen LogP contribution in [-0.2, 0) is 9.59 Å². The average molecular weight is 581 g/mol. The smallest absolute Gasteiger partial charge is 0.224 e. The molecule has 0 unspecified atom stereocenters. The summed E-state index contributed by atoms with van der Waals surface area (Å²) in [4.78, 5) is 24.5. The monoisotopic (exact) mass is 580 g/mol. The lowest BCUT2D eigenvalue weighted by molar-refractivity contribution is -0.117. The van der Waals surface area contributed by atoms with Gasteiger partial charge in [-0.25, -0.2) is 0 Å². The summed E-state index contributed by atoms with van der Waals surface area (Å²) in [6.07, 6.45) is 19.3. The van der Waals surface area contributed by atoms with Gasteiger partial charge in [-0.05, 0) is 74.2 Å². The highest BCUT2D eigenvalue weighted by Gasteiger charge is 2.05. The lowest BCUT2D eigenvalue weighted by Crippen LogP contribution is -2.11. The molecule has 2 rings (SSSR count). The largest absolute Gasteiger partial charge is 0.494 e. The van der Waals surface area contributed by atoms with Crippen LogP contribution < -0.4 is 20.1 Å². The van der Waals surface area contributed by atoms with Gasteiger partial charge in [-0.15, -0.1) is 0 Å². The summed E-state index contributed by atoms with van der Waals surface area (Å²) in [6, 6.07) is 15.3. The Morgan fingerprint density at radius 2 is 0.810 bits per heavy atom. The van der Waals surface area contributed by atoms with Gasteiger partial charge in [0.15, 0.2) is 0 Å². The van der Waals surface area contributed by atoms with E-state index < -0.39 is 0 Å². The summed E-state index contributed by atoms with van der Waals surface area (Å²) in [5.41, 5.74) is 1.62. The topological polar surface area (TPSA) is 76.7 Å². The zero-order valence-corrected chi connectivity index (χ0v) is 26.4. The van der Waals surface area contributed by atoms with E-state index in [1.165, 1.54) is 51.4 Å². The Balaban J connectivity index is 1.44. The molecule has 2 amide bonds. The maximum absolute atomic E-state index is 12.3. The minimum atomic E-state index is 0.0540. The van der Waals surface area contributed by atoms with Crippen LogP contribution in [0.15, 0.2) is 48.5 Å². The second-order valence-electron chi connectivity index (χ2n) is 11.3. The number of anilines is 2. The fraction of sp³-hybridized carbons (Fsp3) is 0.611. The number of benzene rings is 2. The van der Waals surface area contributed by atoms with Crippen LogP contribution in [0.1, 0.15) is 129 Å². The number of rotatable bonds is 25. The number of carbonyl (C=O) groups excluding carboxylic acids is 2. The molecule has 0 bridgehead atoms. The minimum absolute atomic E-state index is 0.0540. The zero-order chi connectivity index (χ0) is 30.1. The third-order valence-electron chi connectivity index (χ3n) is 7.37. The van der Waals surface area contributed by atoms with Gasteiger partial charge in [-0.3, -0.25) is 9.59 Å². The molecule has 0 aliphatic rings. The average Bonchev–Trinajstić information content (AvgIpc) is 2.99. The number of hydrogen-bond donors (Lipinski definition) is 2. The van der Waals surface area contributed by atoms with E-state index in [-0.39, 0.29) is 11.8 Å². The van der Waals surface area contributed by atoms with E-state index >= 15 is 0 Å². The van der Waals surface area contributed by atoms with E-state index in [1.807, 2.05) is 48.5 Å². The van der Waals surface area contributed by atoms with Crippen molar-refractivity contribution >= 4 is 23.2 Å². The molecule has 0 fully saturated rings. The highest BCUT2D eigenvalue weighted by Crippen LogP contribution is 2.19. The summed E-state index contributed by atoms with van der Waals surface area (Å²) < 4.78 is 11.6. The van der Waals surface area contributed by atoms with Crippen molar-refractivity contribution in [1.82, 2.24) is 0 Å². The van der Waals surface area contributed by atoms with Gasteiger partial charge in [0.2, 0.25) is 11.8 Å². The van der Waals surface area contributed by atoms with E-state index in [2.05, 4.69) is 24.5 Å². The fourth-order valence-electron chi connectivity index (χ4n) is 4.79. The Kier molecular flexibility index (Phi) is 19.7. The standard InChI is InChI=1S/C36H56N2O4/c1-3-5-7-13-17-29-41-33-25-21-31(22-26-33)37-35(39)19-15-11-9-10-12-16-20-36(40)38-32-23-27-34(28-24-32)42-30-18-14-8-6-4-2/h21-28H,3-20,29-30H2,1-2H3,(H,37,39)(H,38,40). The third kappa shape index (κ3) is 17.7. The summed E-state index contributed by atoms with van der Waals surface area (Å²) in [5, 5.41) is 5.96. The predicted octanol–water partition coefficient (Wildman–Crippen LogP) is 10.1. The van der Waals surface area contributed by atoms with Crippen LogP contribution in [0.25, 0.3) is 0 Å². The number of unbranched alkanes of at least 4 members (excludes halogenated alkanes) is 13. The van der Waals surface area contributed by atoms with E-state index in [4.69, 9.17) is 9.47 Å². The lowest BCUT2D eigenvalue weighted by atomic mass is 10.1. The summed E-state index contributed by atoms with van der Waals surface area (Å²) in [6.45, 7) is 5.93.